The van der Waals surface area contributed by atoms with Crippen LogP contribution in [0.3, 0.4) is 0 Å². The van der Waals surface area contributed by atoms with E-state index < -0.39 is 0 Å². The number of carbonyl (C=O) groups excluding carboxylic acids is 1. The Bertz CT molecular complexity index is 751. The van der Waals surface area contributed by atoms with Gasteiger partial charge in [-0.25, -0.2) is 4.98 Å². The summed E-state index contributed by atoms with van der Waals surface area (Å²) in [6.07, 6.45) is 9.97. The van der Waals surface area contributed by atoms with Gasteiger partial charge in [0.15, 0.2) is 0 Å². The van der Waals surface area contributed by atoms with Gasteiger partial charge in [-0.15, -0.1) is 11.3 Å². The van der Waals surface area contributed by atoms with Crippen LogP contribution in [0.25, 0.3) is 10.3 Å². The quantitative estimate of drug-likeness (QED) is 0.858. The van der Waals surface area contributed by atoms with E-state index in [9.17, 15) is 4.79 Å². The predicted molar refractivity (Wildman–Crippen MR) is 96.6 cm³/mol. The van der Waals surface area contributed by atoms with E-state index >= 15 is 0 Å². The lowest BCUT2D eigenvalue weighted by Gasteiger charge is -2.23. The molecule has 0 N–H and O–H groups in total. The maximum atomic E-state index is 12.7. The standard InChI is InChI=1S/C18H24N4OS/c1-21(2)18(23)16-14(15-17(24-16)20-9-8-19-15)12-7-10-22(11-12)13-5-3-4-6-13/h8-9,12-13H,3-7,10-11H2,1-2H3. The molecule has 3 heterocycles. The fourth-order valence-corrected chi connectivity index (χ4v) is 5.42. The van der Waals surface area contributed by atoms with Crippen LogP contribution >= 0.6 is 11.3 Å². The molecule has 24 heavy (non-hydrogen) atoms. The number of amides is 1. The van der Waals surface area contributed by atoms with Gasteiger partial charge in [-0.1, -0.05) is 12.8 Å². The second-order valence-corrected chi connectivity index (χ2v) is 8.17. The van der Waals surface area contributed by atoms with E-state index in [2.05, 4.69) is 14.9 Å². The zero-order chi connectivity index (χ0) is 16.7. The number of thiophene rings is 1. The Morgan fingerprint density at radius 2 is 1.96 bits per heavy atom. The monoisotopic (exact) mass is 344 g/mol. The first-order chi connectivity index (χ1) is 11.6. The highest BCUT2D eigenvalue weighted by Gasteiger charge is 2.35. The Balaban J connectivity index is 1.70. The Hall–Kier alpha value is -1.53. The van der Waals surface area contributed by atoms with Crippen LogP contribution in [-0.4, -0.2) is 58.9 Å². The third-order valence-corrected chi connectivity index (χ3v) is 6.52. The summed E-state index contributed by atoms with van der Waals surface area (Å²) < 4.78 is 0. The van der Waals surface area contributed by atoms with E-state index in [1.807, 2.05) is 14.1 Å². The normalized spacial score (nSPS) is 22.5. The molecule has 0 aromatic carbocycles. The highest BCUT2D eigenvalue weighted by atomic mass is 32.1. The van der Waals surface area contributed by atoms with Gasteiger partial charge in [-0.05, 0) is 25.8 Å². The van der Waals surface area contributed by atoms with Gasteiger partial charge < -0.3 is 4.90 Å². The molecule has 0 radical (unpaired) electrons. The van der Waals surface area contributed by atoms with Crippen LogP contribution in [0.5, 0.6) is 0 Å². The largest absolute Gasteiger partial charge is 0.344 e. The summed E-state index contributed by atoms with van der Waals surface area (Å²) >= 11 is 1.50. The minimum atomic E-state index is 0.0779. The molecule has 0 bridgehead atoms. The van der Waals surface area contributed by atoms with Gasteiger partial charge in [0.05, 0.1) is 4.88 Å². The Morgan fingerprint density at radius 3 is 2.71 bits per heavy atom. The molecule has 2 aromatic rings. The summed E-state index contributed by atoms with van der Waals surface area (Å²) in [5.74, 6) is 0.476. The van der Waals surface area contributed by atoms with Gasteiger partial charge in [0.2, 0.25) is 0 Å². The molecule has 2 fully saturated rings. The third-order valence-electron chi connectivity index (χ3n) is 5.43. The average molecular weight is 344 g/mol. The summed E-state index contributed by atoms with van der Waals surface area (Å²) in [7, 11) is 3.63. The van der Waals surface area contributed by atoms with Crippen molar-refractivity contribution in [1.82, 2.24) is 19.8 Å². The fourth-order valence-electron chi connectivity index (χ4n) is 4.21. The zero-order valence-electron chi connectivity index (χ0n) is 14.4. The highest BCUT2D eigenvalue weighted by molar-refractivity contribution is 7.20. The van der Waals surface area contributed by atoms with E-state index in [0.29, 0.717) is 5.92 Å². The topological polar surface area (TPSA) is 49.3 Å². The molecule has 1 saturated carbocycles. The first-order valence-corrected chi connectivity index (χ1v) is 9.66. The highest BCUT2D eigenvalue weighted by Crippen LogP contribution is 2.40. The van der Waals surface area contributed by atoms with E-state index in [-0.39, 0.29) is 5.91 Å². The first kappa shape index (κ1) is 16.0. The van der Waals surface area contributed by atoms with Crippen molar-refractivity contribution in [1.29, 1.82) is 0 Å². The summed E-state index contributed by atoms with van der Waals surface area (Å²) in [6.45, 7) is 2.20. The molecule has 128 valence electrons. The number of hydrogen-bond donors (Lipinski definition) is 0. The number of fused-ring (bicyclic) bond motifs is 1. The van der Waals surface area contributed by atoms with Gasteiger partial charge in [0, 0.05) is 50.6 Å². The molecule has 4 rings (SSSR count). The maximum Gasteiger partial charge on any atom is 0.263 e. The van der Waals surface area contributed by atoms with Gasteiger partial charge in [0.25, 0.3) is 5.91 Å². The summed E-state index contributed by atoms with van der Waals surface area (Å²) in [5.41, 5.74) is 2.08. The molecule has 2 aromatic heterocycles. The van der Waals surface area contributed by atoms with Crippen molar-refractivity contribution in [2.75, 3.05) is 27.2 Å². The smallest absolute Gasteiger partial charge is 0.263 e. The number of aromatic nitrogens is 2. The van der Waals surface area contributed by atoms with Gasteiger partial charge >= 0.3 is 0 Å². The van der Waals surface area contributed by atoms with Gasteiger partial charge in [-0.3, -0.25) is 14.7 Å². The van der Waals surface area contributed by atoms with Crippen molar-refractivity contribution in [2.45, 2.75) is 44.1 Å². The van der Waals surface area contributed by atoms with Crippen molar-refractivity contribution < 1.29 is 4.79 Å². The molecule has 6 heteroatoms. The molecular weight excluding hydrogens is 320 g/mol. The lowest BCUT2D eigenvalue weighted by molar-refractivity contribution is 0.0831. The number of hydrogen-bond acceptors (Lipinski definition) is 5. The summed E-state index contributed by atoms with van der Waals surface area (Å²) in [5, 5.41) is 0. The van der Waals surface area contributed by atoms with Gasteiger partial charge in [-0.2, -0.15) is 0 Å². The van der Waals surface area contributed by atoms with E-state index in [1.54, 1.807) is 17.3 Å². The number of likely N-dealkylation sites (tertiary alicyclic amines) is 1. The van der Waals surface area contributed by atoms with Crippen molar-refractivity contribution in [3.05, 3.63) is 22.8 Å². The van der Waals surface area contributed by atoms with Crippen molar-refractivity contribution in [2.24, 2.45) is 0 Å². The van der Waals surface area contributed by atoms with Crippen LogP contribution in [-0.2, 0) is 0 Å². The van der Waals surface area contributed by atoms with Crippen LogP contribution in [0.2, 0.25) is 0 Å². The van der Waals surface area contributed by atoms with Crippen LogP contribution in [0.15, 0.2) is 12.4 Å². The summed E-state index contributed by atoms with van der Waals surface area (Å²) in [6, 6.07) is 0.749. The minimum Gasteiger partial charge on any atom is -0.344 e. The van der Waals surface area contributed by atoms with E-state index in [1.165, 1.54) is 37.0 Å². The second-order valence-electron chi connectivity index (χ2n) is 7.17. The average Bonchev–Trinajstić information content (AvgIpc) is 3.31. The van der Waals surface area contributed by atoms with E-state index in [4.69, 9.17) is 0 Å². The van der Waals surface area contributed by atoms with Crippen LogP contribution in [0.4, 0.5) is 0 Å². The SMILES string of the molecule is CN(C)C(=O)c1sc2nccnc2c1C1CCN(C2CCCC2)C1. The maximum absolute atomic E-state index is 12.7. The molecular formula is C18H24N4OS. The molecule has 1 aliphatic heterocycles. The fraction of sp³-hybridized carbons (Fsp3) is 0.611. The lowest BCUT2D eigenvalue weighted by Crippen LogP contribution is -2.31. The first-order valence-electron chi connectivity index (χ1n) is 8.84. The van der Waals surface area contributed by atoms with Gasteiger partial charge in [0.1, 0.15) is 10.3 Å². The number of nitrogens with zero attached hydrogens (tertiary/aromatic N) is 4. The summed E-state index contributed by atoms with van der Waals surface area (Å²) in [4.78, 5) is 27.7. The number of carbonyl (C=O) groups is 1. The van der Waals surface area contributed by atoms with Crippen molar-refractivity contribution in [3.8, 4) is 0 Å². The molecule has 2 aliphatic rings. The molecule has 1 unspecified atom stereocenters. The second kappa shape index (κ2) is 6.41. The van der Waals surface area contributed by atoms with E-state index in [0.717, 1.165) is 46.3 Å². The Kier molecular flexibility index (Phi) is 4.26. The Labute approximate surface area is 146 Å². The molecule has 1 saturated heterocycles. The molecule has 0 spiro atoms. The van der Waals surface area contributed by atoms with Crippen molar-refractivity contribution in [3.63, 3.8) is 0 Å². The van der Waals surface area contributed by atoms with Crippen molar-refractivity contribution >= 4 is 27.6 Å². The minimum absolute atomic E-state index is 0.0779. The predicted octanol–water partition coefficient (Wildman–Crippen LogP) is 3.13. The van der Waals surface area contributed by atoms with Crippen LogP contribution in [0.1, 0.15) is 53.3 Å². The molecule has 1 atom stereocenters. The molecule has 5 nitrogen and oxygen atoms in total. The van der Waals surface area contributed by atoms with Crippen LogP contribution < -0.4 is 0 Å². The van der Waals surface area contributed by atoms with Crippen LogP contribution in [0, 0.1) is 0 Å². The third kappa shape index (κ3) is 2.71. The Morgan fingerprint density at radius 1 is 1.21 bits per heavy atom. The number of rotatable bonds is 3. The molecule has 1 amide bonds. The zero-order valence-corrected chi connectivity index (χ0v) is 15.2. The molecule has 1 aliphatic carbocycles. The lowest BCUT2D eigenvalue weighted by atomic mass is 9.97.